The zero-order valence-electron chi connectivity index (χ0n) is 10.7. The highest BCUT2D eigenvalue weighted by atomic mass is 16.4. The summed E-state index contributed by atoms with van der Waals surface area (Å²) in [4.78, 5) is 9.00. The average Bonchev–Trinajstić information content (AvgIpc) is 2.16. The molecule has 0 fully saturated rings. The summed E-state index contributed by atoms with van der Waals surface area (Å²) in [5.74, 6) is -0.833. The Bertz CT molecular complexity index is 360. The van der Waals surface area contributed by atoms with E-state index in [9.17, 15) is 0 Å². The molecule has 1 rings (SSSR count). The molecule has 1 aromatic carbocycles. The first kappa shape index (κ1) is 15.4. The number of nitrogens with two attached hydrogens (primary N) is 1. The molecule has 0 aliphatic carbocycles. The Balaban J connectivity index is 0.000000557. The summed E-state index contributed by atoms with van der Waals surface area (Å²) in [6, 6.07) is 10.3. The van der Waals surface area contributed by atoms with Crippen LogP contribution >= 0.6 is 0 Å². The molecule has 3 nitrogen and oxygen atoms in total. The summed E-state index contributed by atoms with van der Waals surface area (Å²) < 4.78 is 0. The summed E-state index contributed by atoms with van der Waals surface area (Å²) in [5, 5.41) is 7.42. The highest BCUT2D eigenvalue weighted by molar-refractivity contribution is 5.62. The van der Waals surface area contributed by atoms with Gasteiger partial charge in [0, 0.05) is 12.5 Å². The lowest BCUT2D eigenvalue weighted by molar-refractivity contribution is -0.134. The van der Waals surface area contributed by atoms with Crippen LogP contribution in [0.5, 0.6) is 0 Å². The van der Waals surface area contributed by atoms with Crippen LogP contribution in [0.3, 0.4) is 0 Å². The maximum Gasteiger partial charge on any atom is 0.300 e. The fourth-order valence-corrected chi connectivity index (χ4v) is 1.07. The van der Waals surface area contributed by atoms with Crippen LogP contribution in [0, 0.1) is 0 Å². The predicted octanol–water partition coefficient (Wildman–Crippen LogP) is 2.61. The first-order valence-corrected chi connectivity index (χ1v) is 5.44. The molecule has 94 valence electrons. The maximum absolute atomic E-state index is 9.00. The number of aliphatic carboxylic acids is 1. The molecular weight excluding hydrogens is 214 g/mol. The van der Waals surface area contributed by atoms with Crippen LogP contribution in [0.4, 0.5) is 0 Å². The van der Waals surface area contributed by atoms with Gasteiger partial charge in [-0.2, -0.15) is 0 Å². The zero-order valence-corrected chi connectivity index (χ0v) is 10.7. The van der Waals surface area contributed by atoms with E-state index in [4.69, 9.17) is 15.6 Å². The van der Waals surface area contributed by atoms with E-state index < -0.39 is 5.97 Å². The topological polar surface area (TPSA) is 63.3 Å². The van der Waals surface area contributed by atoms with Gasteiger partial charge in [0.2, 0.25) is 0 Å². The van der Waals surface area contributed by atoms with Gasteiger partial charge in [-0.15, -0.1) is 0 Å². The van der Waals surface area contributed by atoms with E-state index in [2.05, 4.69) is 18.7 Å². The molecular formula is C14H21NO2. The highest BCUT2D eigenvalue weighted by Gasteiger charge is 2.14. The second-order valence-corrected chi connectivity index (χ2v) is 4.51. The molecule has 0 heterocycles. The van der Waals surface area contributed by atoms with Crippen molar-refractivity contribution >= 4 is 5.97 Å². The molecule has 0 spiro atoms. The Labute approximate surface area is 103 Å². The summed E-state index contributed by atoms with van der Waals surface area (Å²) in [5.41, 5.74) is 7.98. The van der Waals surface area contributed by atoms with Crippen molar-refractivity contribution in [1.29, 1.82) is 0 Å². The van der Waals surface area contributed by atoms with Crippen molar-refractivity contribution in [3.8, 4) is 0 Å². The number of carbonyl (C=O) groups is 1. The minimum Gasteiger partial charge on any atom is -0.481 e. The fraction of sp³-hybridized carbons (Fsp3) is 0.357. The van der Waals surface area contributed by atoms with Crippen LogP contribution in [0.15, 0.2) is 42.5 Å². The molecule has 0 unspecified atom stereocenters. The van der Waals surface area contributed by atoms with Gasteiger partial charge in [-0.3, -0.25) is 4.79 Å². The summed E-state index contributed by atoms with van der Waals surface area (Å²) in [6.45, 7) is 9.05. The Hall–Kier alpha value is -1.61. The minimum absolute atomic E-state index is 0.282. The van der Waals surface area contributed by atoms with Crippen molar-refractivity contribution in [2.24, 2.45) is 5.73 Å². The molecule has 0 radical (unpaired) electrons. The van der Waals surface area contributed by atoms with Crippen LogP contribution in [-0.4, -0.2) is 16.6 Å². The molecule has 17 heavy (non-hydrogen) atoms. The molecule has 0 saturated carbocycles. The smallest absolute Gasteiger partial charge is 0.300 e. The molecule has 0 aliphatic rings. The van der Waals surface area contributed by atoms with Crippen LogP contribution in [0.1, 0.15) is 26.3 Å². The lowest BCUT2D eigenvalue weighted by Gasteiger charge is -2.21. The van der Waals surface area contributed by atoms with E-state index in [1.165, 1.54) is 5.56 Å². The summed E-state index contributed by atoms with van der Waals surface area (Å²) >= 11 is 0. The van der Waals surface area contributed by atoms with Gasteiger partial charge in [0.05, 0.1) is 0 Å². The van der Waals surface area contributed by atoms with E-state index in [0.717, 1.165) is 18.9 Å². The first-order chi connectivity index (χ1) is 7.73. The van der Waals surface area contributed by atoms with Gasteiger partial charge in [-0.25, -0.2) is 0 Å². The molecule has 3 heteroatoms. The van der Waals surface area contributed by atoms with Crippen molar-refractivity contribution in [3.63, 3.8) is 0 Å². The number of carboxylic acid groups (broad SMARTS) is 1. The van der Waals surface area contributed by atoms with Gasteiger partial charge in [0.15, 0.2) is 0 Å². The third-order valence-corrected chi connectivity index (χ3v) is 2.17. The fourth-order valence-electron chi connectivity index (χ4n) is 1.07. The Morgan fingerprint density at radius 3 is 2.12 bits per heavy atom. The number of hydrogen-bond donors (Lipinski definition) is 2. The van der Waals surface area contributed by atoms with Crippen molar-refractivity contribution < 1.29 is 9.90 Å². The average molecular weight is 235 g/mol. The zero-order chi connectivity index (χ0) is 13.5. The van der Waals surface area contributed by atoms with Gasteiger partial charge >= 0.3 is 0 Å². The Morgan fingerprint density at radius 1 is 1.35 bits per heavy atom. The monoisotopic (exact) mass is 235 g/mol. The van der Waals surface area contributed by atoms with E-state index >= 15 is 0 Å². The Morgan fingerprint density at radius 2 is 1.76 bits per heavy atom. The molecule has 0 aromatic heterocycles. The number of carboxylic acids is 1. The van der Waals surface area contributed by atoms with Gasteiger partial charge < -0.3 is 10.8 Å². The third-order valence-electron chi connectivity index (χ3n) is 2.17. The molecule has 0 amide bonds. The quantitative estimate of drug-likeness (QED) is 0.791. The summed E-state index contributed by atoms with van der Waals surface area (Å²) in [6.07, 6.45) is 0.865. The Kier molecular flexibility index (Phi) is 6.21. The highest BCUT2D eigenvalue weighted by Crippen LogP contribution is 2.15. The molecule has 0 saturated heterocycles. The van der Waals surface area contributed by atoms with Gasteiger partial charge in [-0.1, -0.05) is 42.5 Å². The largest absolute Gasteiger partial charge is 0.481 e. The normalized spacial score (nSPS) is 10.1. The third kappa shape index (κ3) is 8.22. The minimum atomic E-state index is -0.833. The van der Waals surface area contributed by atoms with E-state index in [-0.39, 0.29) is 5.54 Å². The van der Waals surface area contributed by atoms with E-state index in [1.807, 2.05) is 32.0 Å². The molecule has 0 atom stereocenters. The molecule has 0 bridgehead atoms. The first-order valence-electron chi connectivity index (χ1n) is 5.44. The summed E-state index contributed by atoms with van der Waals surface area (Å²) in [7, 11) is 0. The van der Waals surface area contributed by atoms with Crippen LogP contribution < -0.4 is 5.73 Å². The number of rotatable bonds is 3. The molecule has 0 aliphatic heterocycles. The van der Waals surface area contributed by atoms with Crippen LogP contribution in [0.25, 0.3) is 0 Å². The van der Waals surface area contributed by atoms with E-state index in [0.29, 0.717) is 0 Å². The van der Waals surface area contributed by atoms with Crippen molar-refractivity contribution in [3.05, 3.63) is 48.0 Å². The molecule has 1 aromatic rings. The predicted molar refractivity (Wildman–Crippen MR) is 70.9 cm³/mol. The lowest BCUT2D eigenvalue weighted by Crippen LogP contribution is -2.34. The van der Waals surface area contributed by atoms with Crippen LogP contribution in [0.2, 0.25) is 0 Å². The maximum atomic E-state index is 9.00. The van der Waals surface area contributed by atoms with Gasteiger partial charge in [0.25, 0.3) is 5.97 Å². The van der Waals surface area contributed by atoms with Crippen molar-refractivity contribution in [2.45, 2.75) is 32.7 Å². The van der Waals surface area contributed by atoms with Crippen molar-refractivity contribution in [1.82, 2.24) is 0 Å². The number of hydrogen-bond acceptors (Lipinski definition) is 2. The lowest BCUT2D eigenvalue weighted by atomic mass is 9.91. The SMILES string of the molecule is C=C(Cc1ccccc1)C(C)(C)N.CC(=O)O. The van der Waals surface area contributed by atoms with Gasteiger partial charge in [0.1, 0.15) is 0 Å². The second-order valence-electron chi connectivity index (χ2n) is 4.51. The van der Waals surface area contributed by atoms with Crippen LogP contribution in [-0.2, 0) is 11.2 Å². The second kappa shape index (κ2) is 6.86. The van der Waals surface area contributed by atoms with E-state index in [1.54, 1.807) is 0 Å². The van der Waals surface area contributed by atoms with Crippen molar-refractivity contribution in [2.75, 3.05) is 0 Å². The standard InChI is InChI=1S/C12H17N.C2H4O2/c1-10(12(2,3)13)9-11-7-5-4-6-8-11;1-2(3)4/h4-8H,1,9,13H2,2-3H3;1H3,(H,3,4). The number of benzene rings is 1. The van der Waals surface area contributed by atoms with Gasteiger partial charge in [-0.05, 0) is 25.8 Å². The molecule has 3 N–H and O–H groups in total.